The van der Waals surface area contributed by atoms with Gasteiger partial charge in [-0.25, -0.2) is 9.78 Å². The molecule has 1 unspecified atom stereocenters. The zero-order valence-corrected chi connectivity index (χ0v) is 12.6. The number of esters is 1. The molecule has 1 aromatic rings. The normalized spacial score (nSPS) is 18.9. The number of rotatable bonds is 4. The molecule has 0 amide bonds. The molecule has 1 aliphatic rings. The van der Waals surface area contributed by atoms with Gasteiger partial charge < -0.3 is 18.9 Å². The Morgan fingerprint density at radius 1 is 1.57 bits per heavy atom. The van der Waals surface area contributed by atoms with E-state index in [2.05, 4.69) is 23.6 Å². The molecule has 1 aromatic heterocycles. The molecule has 0 bridgehead atoms. The summed E-state index contributed by atoms with van der Waals surface area (Å²) in [5.41, 5.74) is -0.142. The fraction of sp³-hybridized carbons (Fsp3) is 0.643. The van der Waals surface area contributed by atoms with Crippen molar-refractivity contribution < 1.29 is 14.3 Å². The van der Waals surface area contributed by atoms with E-state index < -0.39 is 12.1 Å². The standard InChI is InChI=1S/C14H21N3O4/c1-10(2)8-17-5-4-15-12(13(17)18)16-6-7-21-11(9-16)14(19)20-3/h4-5,10-11H,6-9H2,1-3H3. The Bertz CT molecular complexity index is 555. The number of hydrogen-bond donors (Lipinski definition) is 0. The maximum atomic E-state index is 12.5. The van der Waals surface area contributed by atoms with Crippen molar-refractivity contribution in [2.75, 3.05) is 31.7 Å². The molecule has 0 saturated carbocycles. The number of aromatic nitrogens is 2. The predicted molar refractivity (Wildman–Crippen MR) is 77.3 cm³/mol. The Morgan fingerprint density at radius 3 is 3.00 bits per heavy atom. The summed E-state index contributed by atoms with van der Waals surface area (Å²) in [6.45, 7) is 5.91. The molecule has 7 heteroatoms. The van der Waals surface area contributed by atoms with Gasteiger partial charge in [-0.05, 0) is 5.92 Å². The molecule has 2 rings (SSSR count). The van der Waals surface area contributed by atoms with Gasteiger partial charge in [0.15, 0.2) is 11.9 Å². The largest absolute Gasteiger partial charge is 0.467 e. The number of ether oxygens (including phenoxy) is 2. The van der Waals surface area contributed by atoms with Crippen LogP contribution in [0.3, 0.4) is 0 Å². The number of methoxy groups -OCH3 is 1. The maximum Gasteiger partial charge on any atom is 0.336 e. The molecule has 0 aromatic carbocycles. The number of nitrogens with zero attached hydrogens (tertiary/aromatic N) is 3. The van der Waals surface area contributed by atoms with Gasteiger partial charge in [-0.3, -0.25) is 4.79 Å². The molecule has 1 fully saturated rings. The highest BCUT2D eigenvalue weighted by atomic mass is 16.6. The molecule has 1 saturated heterocycles. The fourth-order valence-electron chi connectivity index (χ4n) is 2.31. The lowest BCUT2D eigenvalue weighted by Gasteiger charge is -2.31. The predicted octanol–water partition coefficient (Wildman–Crippen LogP) is 0.278. The minimum atomic E-state index is -0.677. The van der Waals surface area contributed by atoms with E-state index in [1.165, 1.54) is 7.11 Å². The minimum absolute atomic E-state index is 0.142. The van der Waals surface area contributed by atoms with Crippen molar-refractivity contribution in [1.29, 1.82) is 0 Å². The third-order valence-corrected chi connectivity index (χ3v) is 3.29. The summed E-state index contributed by atoms with van der Waals surface area (Å²) in [7, 11) is 1.32. The first-order valence-electron chi connectivity index (χ1n) is 7.02. The Labute approximate surface area is 123 Å². The average Bonchev–Trinajstić information content (AvgIpc) is 2.48. The van der Waals surface area contributed by atoms with Crippen LogP contribution in [0.5, 0.6) is 0 Å². The molecule has 1 atom stereocenters. The first kappa shape index (κ1) is 15.5. The Hall–Kier alpha value is -1.89. The molecule has 0 spiro atoms. The highest BCUT2D eigenvalue weighted by Crippen LogP contribution is 2.12. The zero-order chi connectivity index (χ0) is 15.4. The van der Waals surface area contributed by atoms with Crippen LogP contribution in [0.15, 0.2) is 17.2 Å². The number of carbonyl (C=O) groups is 1. The van der Waals surface area contributed by atoms with E-state index in [9.17, 15) is 9.59 Å². The molecule has 21 heavy (non-hydrogen) atoms. The van der Waals surface area contributed by atoms with Gasteiger partial charge in [0.1, 0.15) is 0 Å². The first-order chi connectivity index (χ1) is 10.0. The molecular weight excluding hydrogens is 274 g/mol. The van der Waals surface area contributed by atoms with Gasteiger partial charge in [0.05, 0.1) is 20.3 Å². The van der Waals surface area contributed by atoms with E-state index in [0.29, 0.717) is 31.4 Å². The second-order valence-corrected chi connectivity index (χ2v) is 5.43. The van der Waals surface area contributed by atoms with Crippen LogP contribution < -0.4 is 10.5 Å². The lowest BCUT2D eigenvalue weighted by molar-refractivity contribution is -0.154. The second-order valence-electron chi connectivity index (χ2n) is 5.43. The zero-order valence-electron chi connectivity index (χ0n) is 12.6. The number of morpholine rings is 1. The summed E-state index contributed by atoms with van der Waals surface area (Å²) >= 11 is 0. The van der Waals surface area contributed by atoms with E-state index in [0.717, 1.165) is 0 Å². The summed E-state index contributed by atoms with van der Waals surface area (Å²) in [5.74, 6) is 0.291. The van der Waals surface area contributed by atoms with Crippen molar-refractivity contribution in [3.05, 3.63) is 22.7 Å². The number of anilines is 1. The van der Waals surface area contributed by atoms with Gasteiger partial charge in [0.25, 0.3) is 5.56 Å². The SMILES string of the molecule is COC(=O)C1CN(c2nccn(CC(C)C)c2=O)CCO1. The Morgan fingerprint density at radius 2 is 2.33 bits per heavy atom. The molecule has 0 aliphatic carbocycles. The van der Waals surface area contributed by atoms with Gasteiger partial charge >= 0.3 is 5.97 Å². The number of carbonyl (C=O) groups excluding carboxylic acids is 1. The molecule has 0 radical (unpaired) electrons. The van der Waals surface area contributed by atoms with Crippen LogP contribution in [0.4, 0.5) is 5.82 Å². The van der Waals surface area contributed by atoms with Gasteiger partial charge in [0.2, 0.25) is 0 Å². The Balaban J connectivity index is 2.21. The second kappa shape index (κ2) is 6.71. The molecule has 7 nitrogen and oxygen atoms in total. The van der Waals surface area contributed by atoms with E-state index in [1.54, 1.807) is 21.9 Å². The van der Waals surface area contributed by atoms with Crippen LogP contribution in [0.2, 0.25) is 0 Å². The van der Waals surface area contributed by atoms with Crippen molar-refractivity contribution in [3.8, 4) is 0 Å². The highest BCUT2D eigenvalue weighted by molar-refractivity contribution is 5.75. The van der Waals surface area contributed by atoms with E-state index in [4.69, 9.17) is 4.74 Å². The van der Waals surface area contributed by atoms with Crippen LogP contribution in [0.25, 0.3) is 0 Å². The van der Waals surface area contributed by atoms with Gasteiger partial charge in [-0.1, -0.05) is 13.8 Å². The van der Waals surface area contributed by atoms with Crippen LogP contribution in [0, 0.1) is 5.92 Å². The summed E-state index contributed by atoms with van der Waals surface area (Å²) in [5, 5.41) is 0. The van der Waals surface area contributed by atoms with Gasteiger partial charge in [-0.2, -0.15) is 0 Å². The molecule has 0 N–H and O–H groups in total. The summed E-state index contributed by atoms with van der Waals surface area (Å²) in [6.07, 6.45) is 2.62. The molecule has 2 heterocycles. The van der Waals surface area contributed by atoms with Crippen LogP contribution in [0.1, 0.15) is 13.8 Å². The van der Waals surface area contributed by atoms with Crippen LogP contribution >= 0.6 is 0 Å². The first-order valence-corrected chi connectivity index (χ1v) is 7.02. The third-order valence-electron chi connectivity index (χ3n) is 3.29. The lowest BCUT2D eigenvalue weighted by Crippen LogP contribution is -2.49. The van der Waals surface area contributed by atoms with Crippen molar-refractivity contribution >= 4 is 11.8 Å². The monoisotopic (exact) mass is 295 g/mol. The third kappa shape index (κ3) is 3.60. The topological polar surface area (TPSA) is 73.7 Å². The van der Waals surface area contributed by atoms with E-state index >= 15 is 0 Å². The highest BCUT2D eigenvalue weighted by Gasteiger charge is 2.29. The van der Waals surface area contributed by atoms with Crippen LogP contribution in [-0.4, -0.2) is 48.4 Å². The summed E-state index contributed by atoms with van der Waals surface area (Å²) in [6, 6.07) is 0. The van der Waals surface area contributed by atoms with Crippen molar-refractivity contribution in [3.63, 3.8) is 0 Å². The summed E-state index contributed by atoms with van der Waals surface area (Å²) in [4.78, 5) is 30.0. The minimum Gasteiger partial charge on any atom is -0.467 e. The number of hydrogen-bond acceptors (Lipinski definition) is 6. The van der Waals surface area contributed by atoms with E-state index in [-0.39, 0.29) is 12.1 Å². The molecular formula is C14H21N3O4. The lowest BCUT2D eigenvalue weighted by atomic mass is 10.2. The fourth-order valence-corrected chi connectivity index (χ4v) is 2.31. The van der Waals surface area contributed by atoms with Gasteiger partial charge in [0, 0.05) is 25.5 Å². The summed E-state index contributed by atoms with van der Waals surface area (Å²) < 4.78 is 11.7. The Kier molecular flexibility index (Phi) is 4.95. The van der Waals surface area contributed by atoms with Crippen LogP contribution in [-0.2, 0) is 20.8 Å². The average molecular weight is 295 g/mol. The van der Waals surface area contributed by atoms with Gasteiger partial charge in [-0.15, -0.1) is 0 Å². The quantitative estimate of drug-likeness (QED) is 0.743. The van der Waals surface area contributed by atoms with Crippen molar-refractivity contribution in [2.24, 2.45) is 5.92 Å². The maximum absolute atomic E-state index is 12.5. The van der Waals surface area contributed by atoms with Crippen molar-refractivity contribution in [2.45, 2.75) is 26.5 Å². The molecule has 1 aliphatic heterocycles. The smallest absolute Gasteiger partial charge is 0.336 e. The van der Waals surface area contributed by atoms with Crippen molar-refractivity contribution in [1.82, 2.24) is 9.55 Å². The van der Waals surface area contributed by atoms with E-state index in [1.807, 2.05) is 0 Å². The molecule has 116 valence electrons.